The molecule has 0 radical (unpaired) electrons. The minimum atomic E-state index is 0.0875. The molecule has 0 heterocycles. The van der Waals surface area contributed by atoms with Gasteiger partial charge in [-0.15, -0.1) is 6.58 Å². The molecule has 0 amide bonds. The Kier molecular flexibility index (Phi) is 6.00. The van der Waals surface area contributed by atoms with E-state index >= 15 is 0 Å². The molecule has 2 heteroatoms. The van der Waals surface area contributed by atoms with E-state index in [1.165, 1.54) is 5.57 Å². The van der Waals surface area contributed by atoms with Gasteiger partial charge >= 0.3 is 0 Å². The zero-order valence-electron chi connectivity index (χ0n) is 9.19. The van der Waals surface area contributed by atoms with Gasteiger partial charge in [0.1, 0.15) is 0 Å². The first-order valence-electron chi connectivity index (χ1n) is 5.04. The van der Waals surface area contributed by atoms with Gasteiger partial charge in [0.2, 0.25) is 0 Å². The Morgan fingerprint density at radius 2 is 2.15 bits per heavy atom. The highest BCUT2D eigenvalue weighted by molar-refractivity contribution is 4.90. The summed E-state index contributed by atoms with van der Waals surface area (Å²) in [5.41, 5.74) is 1.29. The van der Waals surface area contributed by atoms with Crippen molar-refractivity contribution in [1.29, 1.82) is 0 Å². The van der Waals surface area contributed by atoms with Crippen LogP contribution < -0.4 is 5.32 Å². The first kappa shape index (κ1) is 12.7. The quantitative estimate of drug-likeness (QED) is 0.595. The minimum Gasteiger partial charge on any atom is -0.396 e. The van der Waals surface area contributed by atoms with Gasteiger partial charge in [-0.3, -0.25) is 0 Å². The van der Waals surface area contributed by atoms with Gasteiger partial charge < -0.3 is 10.4 Å². The molecule has 78 valence electrons. The van der Waals surface area contributed by atoms with Gasteiger partial charge in [-0.2, -0.15) is 0 Å². The second kappa shape index (κ2) is 6.17. The van der Waals surface area contributed by atoms with E-state index in [0.29, 0.717) is 0 Å². The Balaban J connectivity index is 3.76. The number of hydrogen-bond acceptors (Lipinski definition) is 2. The lowest BCUT2D eigenvalue weighted by Gasteiger charge is -2.29. The molecule has 13 heavy (non-hydrogen) atoms. The summed E-state index contributed by atoms with van der Waals surface area (Å²) < 4.78 is 0. The van der Waals surface area contributed by atoms with Crippen LogP contribution in [0.5, 0.6) is 0 Å². The fourth-order valence-electron chi connectivity index (χ4n) is 1.21. The van der Waals surface area contributed by atoms with Crippen molar-refractivity contribution >= 4 is 0 Å². The Bertz CT molecular complexity index is 156. The molecule has 0 bridgehead atoms. The maximum atomic E-state index is 8.88. The van der Waals surface area contributed by atoms with Crippen LogP contribution in [0.4, 0.5) is 0 Å². The average molecular weight is 185 g/mol. The number of nitrogens with one attached hydrogen (secondary N) is 1. The van der Waals surface area contributed by atoms with E-state index in [1.54, 1.807) is 0 Å². The van der Waals surface area contributed by atoms with E-state index in [9.17, 15) is 0 Å². The third-order valence-electron chi connectivity index (χ3n) is 2.55. The monoisotopic (exact) mass is 185 g/mol. The first-order valence-corrected chi connectivity index (χ1v) is 5.04. The second-order valence-electron chi connectivity index (χ2n) is 4.02. The number of hydrogen-bond donors (Lipinski definition) is 2. The van der Waals surface area contributed by atoms with Crippen LogP contribution in [-0.4, -0.2) is 23.8 Å². The molecule has 0 rings (SSSR count). The van der Waals surface area contributed by atoms with E-state index in [4.69, 9.17) is 5.11 Å². The summed E-state index contributed by atoms with van der Waals surface area (Å²) in [6, 6.07) is 0. The largest absolute Gasteiger partial charge is 0.396 e. The van der Waals surface area contributed by atoms with Crippen molar-refractivity contribution < 1.29 is 5.11 Å². The Morgan fingerprint density at radius 1 is 1.54 bits per heavy atom. The summed E-state index contributed by atoms with van der Waals surface area (Å²) in [4.78, 5) is 0. The standard InChI is InChI=1S/C11H23NO/c1-5-11(4,7-9-13)12-8-6-10(2)3/h12-13H,2,5-9H2,1,3-4H3. The van der Waals surface area contributed by atoms with E-state index < -0.39 is 0 Å². The van der Waals surface area contributed by atoms with Crippen LogP contribution in [0.2, 0.25) is 0 Å². The third kappa shape index (κ3) is 5.83. The molecular weight excluding hydrogens is 162 g/mol. The maximum absolute atomic E-state index is 8.88. The van der Waals surface area contributed by atoms with Crippen molar-refractivity contribution in [2.24, 2.45) is 0 Å². The van der Waals surface area contributed by atoms with Gasteiger partial charge in [0.05, 0.1) is 0 Å². The van der Waals surface area contributed by atoms with Crippen molar-refractivity contribution in [2.45, 2.75) is 45.6 Å². The summed E-state index contributed by atoms with van der Waals surface area (Å²) in [6.07, 6.45) is 2.88. The predicted molar refractivity (Wildman–Crippen MR) is 57.8 cm³/mol. The molecule has 0 aliphatic carbocycles. The lowest BCUT2D eigenvalue weighted by atomic mass is 9.95. The highest BCUT2D eigenvalue weighted by atomic mass is 16.3. The molecule has 0 aromatic heterocycles. The molecule has 0 saturated carbocycles. The van der Waals surface area contributed by atoms with Crippen LogP contribution in [-0.2, 0) is 0 Å². The normalized spacial score (nSPS) is 15.4. The molecule has 1 atom stereocenters. The molecule has 0 aliphatic rings. The highest BCUT2D eigenvalue weighted by Crippen LogP contribution is 2.13. The van der Waals surface area contributed by atoms with Crippen LogP contribution in [0.3, 0.4) is 0 Å². The second-order valence-corrected chi connectivity index (χ2v) is 4.02. The van der Waals surface area contributed by atoms with E-state index in [2.05, 4.69) is 25.7 Å². The summed E-state index contributed by atoms with van der Waals surface area (Å²) in [5, 5.41) is 12.3. The maximum Gasteiger partial charge on any atom is 0.0448 e. The van der Waals surface area contributed by atoms with Gasteiger partial charge in [0.25, 0.3) is 0 Å². The van der Waals surface area contributed by atoms with E-state index in [-0.39, 0.29) is 12.1 Å². The van der Waals surface area contributed by atoms with Crippen molar-refractivity contribution in [1.82, 2.24) is 5.32 Å². The van der Waals surface area contributed by atoms with Crippen molar-refractivity contribution in [3.63, 3.8) is 0 Å². The Labute approximate surface area is 82.0 Å². The van der Waals surface area contributed by atoms with Crippen LogP contribution >= 0.6 is 0 Å². The van der Waals surface area contributed by atoms with Crippen molar-refractivity contribution in [2.75, 3.05) is 13.2 Å². The highest BCUT2D eigenvalue weighted by Gasteiger charge is 2.19. The predicted octanol–water partition coefficient (Wildman–Crippen LogP) is 2.09. The van der Waals surface area contributed by atoms with Gasteiger partial charge in [-0.25, -0.2) is 0 Å². The SMILES string of the molecule is C=C(C)CCNC(C)(CC)CCO. The summed E-state index contributed by atoms with van der Waals surface area (Å²) >= 11 is 0. The van der Waals surface area contributed by atoms with Gasteiger partial charge in [-0.1, -0.05) is 12.5 Å². The molecule has 0 fully saturated rings. The van der Waals surface area contributed by atoms with Crippen molar-refractivity contribution in [3.05, 3.63) is 12.2 Å². The fraction of sp³-hybridized carbons (Fsp3) is 0.818. The molecule has 1 unspecified atom stereocenters. The van der Waals surface area contributed by atoms with Gasteiger partial charge in [0, 0.05) is 12.1 Å². The van der Waals surface area contributed by atoms with Gasteiger partial charge in [0.15, 0.2) is 0 Å². The van der Waals surface area contributed by atoms with Gasteiger partial charge in [-0.05, 0) is 39.7 Å². The van der Waals surface area contributed by atoms with E-state index in [0.717, 1.165) is 25.8 Å². The van der Waals surface area contributed by atoms with Crippen molar-refractivity contribution in [3.8, 4) is 0 Å². The van der Waals surface area contributed by atoms with Crippen LogP contribution in [0, 0.1) is 0 Å². The number of rotatable bonds is 7. The first-order chi connectivity index (χ1) is 6.04. The minimum absolute atomic E-state index is 0.0875. The molecule has 0 aromatic rings. The molecule has 2 N–H and O–H groups in total. The zero-order chi connectivity index (χ0) is 10.3. The molecular formula is C11H23NO. The average Bonchev–Trinajstić information content (AvgIpc) is 2.04. The lowest BCUT2D eigenvalue weighted by molar-refractivity contribution is 0.216. The topological polar surface area (TPSA) is 32.3 Å². The third-order valence-corrected chi connectivity index (χ3v) is 2.55. The van der Waals surface area contributed by atoms with Crippen LogP contribution in [0.25, 0.3) is 0 Å². The smallest absolute Gasteiger partial charge is 0.0448 e. The van der Waals surface area contributed by atoms with E-state index in [1.807, 2.05) is 6.92 Å². The van der Waals surface area contributed by atoms with Crippen LogP contribution in [0.1, 0.15) is 40.0 Å². The summed E-state index contributed by atoms with van der Waals surface area (Å²) in [6.45, 7) is 11.4. The summed E-state index contributed by atoms with van der Waals surface area (Å²) in [5.74, 6) is 0. The number of aliphatic hydroxyl groups excluding tert-OH is 1. The zero-order valence-corrected chi connectivity index (χ0v) is 9.19. The molecule has 0 saturated heterocycles. The fourth-order valence-corrected chi connectivity index (χ4v) is 1.21. The Hall–Kier alpha value is -0.340. The van der Waals surface area contributed by atoms with Crippen LogP contribution in [0.15, 0.2) is 12.2 Å². The molecule has 0 aliphatic heterocycles. The molecule has 2 nitrogen and oxygen atoms in total. The molecule has 0 aromatic carbocycles. The molecule has 0 spiro atoms. The lowest BCUT2D eigenvalue weighted by Crippen LogP contribution is -2.43. The Morgan fingerprint density at radius 3 is 2.54 bits per heavy atom. The number of aliphatic hydroxyl groups is 1. The summed E-state index contributed by atoms with van der Waals surface area (Å²) in [7, 11) is 0.